The van der Waals surface area contributed by atoms with Crippen LogP contribution in [-0.2, 0) is 4.79 Å². The van der Waals surface area contributed by atoms with Gasteiger partial charge in [0.1, 0.15) is 0 Å². The first kappa shape index (κ1) is 19.1. The summed E-state index contributed by atoms with van der Waals surface area (Å²) in [5.41, 5.74) is 3.05. The predicted molar refractivity (Wildman–Crippen MR) is 132 cm³/mol. The van der Waals surface area contributed by atoms with E-state index in [1.165, 1.54) is 17.3 Å². The summed E-state index contributed by atoms with van der Waals surface area (Å²) < 4.78 is 2.81. The van der Waals surface area contributed by atoms with Gasteiger partial charge in [0.15, 0.2) is 4.32 Å². The van der Waals surface area contributed by atoms with E-state index >= 15 is 0 Å². The molecule has 0 radical (unpaired) electrons. The normalized spacial score (nSPS) is 16.0. The van der Waals surface area contributed by atoms with Crippen molar-refractivity contribution in [2.75, 3.05) is 4.90 Å². The van der Waals surface area contributed by atoms with Crippen LogP contribution in [0.5, 0.6) is 0 Å². The molecule has 148 valence electrons. The van der Waals surface area contributed by atoms with E-state index in [0.717, 1.165) is 27.4 Å². The van der Waals surface area contributed by atoms with Crippen molar-refractivity contribution in [3.05, 3.63) is 83.4 Å². The van der Waals surface area contributed by atoms with Gasteiger partial charge in [0.05, 0.1) is 10.6 Å². The molecule has 0 saturated carbocycles. The Morgan fingerprint density at radius 1 is 0.933 bits per heavy atom. The number of fused-ring (bicyclic) bond motifs is 2. The Bertz CT molecular complexity index is 1340. The van der Waals surface area contributed by atoms with Gasteiger partial charge in [-0.3, -0.25) is 9.69 Å². The highest BCUT2D eigenvalue weighted by molar-refractivity contribution is 8.27. The molecule has 1 aliphatic rings. The van der Waals surface area contributed by atoms with Crippen LogP contribution in [0.25, 0.3) is 27.8 Å². The number of rotatable bonds is 3. The Balaban J connectivity index is 1.60. The number of nitrogens with zero attached hydrogens (tertiary/aromatic N) is 2. The van der Waals surface area contributed by atoms with Gasteiger partial charge in [0.25, 0.3) is 5.91 Å². The van der Waals surface area contributed by atoms with Gasteiger partial charge in [0, 0.05) is 34.1 Å². The van der Waals surface area contributed by atoms with E-state index in [4.69, 9.17) is 12.2 Å². The zero-order valence-electron chi connectivity index (χ0n) is 16.7. The molecule has 0 unspecified atom stereocenters. The van der Waals surface area contributed by atoms with Gasteiger partial charge >= 0.3 is 0 Å². The second-order valence-corrected chi connectivity index (χ2v) is 9.29. The zero-order chi connectivity index (χ0) is 20.8. The Morgan fingerprint density at radius 2 is 1.63 bits per heavy atom. The van der Waals surface area contributed by atoms with Crippen molar-refractivity contribution in [3.63, 3.8) is 0 Å². The molecule has 1 fully saturated rings. The lowest BCUT2D eigenvalue weighted by Crippen LogP contribution is -2.27. The maximum Gasteiger partial charge on any atom is 0.270 e. The summed E-state index contributed by atoms with van der Waals surface area (Å²) in [5.74, 6) is -0.0669. The van der Waals surface area contributed by atoms with E-state index in [1.807, 2.05) is 60.7 Å². The first-order chi connectivity index (χ1) is 14.5. The number of anilines is 1. The van der Waals surface area contributed by atoms with Crippen LogP contribution in [0.4, 0.5) is 5.69 Å². The lowest BCUT2D eigenvalue weighted by atomic mass is 10.1. The second kappa shape index (κ2) is 7.42. The molecule has 5 rings (SSSR count). The molecule has 3 nitrogen and oxygen atoms in total. The molecule has 1 saturated heterocycles. The van der Waals surface area contributed by atoms with Crippen LogP contribution in [0, 0.1) is 0 Å². The summed E-state index contributed by atoms with van der Waals surface area (Å²) in [6, 6.07) is 22.7. The average Bonchev–Trinajstić information content (AvgIpc) is 3.25. The number of para-hydroxylation sites is 1. The van der Waals surface area contributed by atoms with Gasteiger partial charge in [-0.15, -0.1) is 0 Å². The van der Waals surface area contributed by atoms with Gasteiger partial charge in [-0.05, 0) is 37.4 Å². The third kappa shape index (κ3) is 3.06. The summed E-state index contributed by atoms with van der Waals surface area (Å²) in [4.78, 5) is 15.7. The van der Waals surface area contributed by atoms with Gasteiger partial charge in [-0.25, -0.2) is 0 Å². The summed E-state index contributed by atoms with van der Waals surface area (Å²) in [5, 5.41) is 3.25. The number of hydrogen-bond acceptors (Lipinski definition) is 3. The fourth-order valence-electron chi connectivity index (χ4n) is 3.99. The predicted octanol–water partition coefficient (Wildman–Crippen LogP) is 6.78. The van der Waals surface area contributed by atoms with Crippen molar-refractivity contribution in [2.45, 2.75) is 19.9 Å². The van der Waals surface area contributed by atoms with Crippen molar-refractivity contribution in [1.29, 1.82) is 0 Å². The van der Waals surface area contributed by atoms with Crippen molar-refractivity contribution in [2.24, 2.45) is 0 Å². The topological polar surface area (TPSA) is 25.2 Å². The standard InChI is InChI=1S/C25H20N2OS2/c1-16(2)26-15-18(20-11-5-6-12-21(20)26)14-23-24(28)27(25(29)30-23)22-13-7-9-17-8-3-4-10-19(17)22/h3-16H,1-2H3/b23-14-. The van der Waals surface area contributed by atoms with Crippen molar-refractivity contribution in [1.82, 2.24) is 4.57 Å². The maximum atomic E-state index is 13.4. The Kier molecular flexibility index (Phi) is 4.72. The van der Waals surface area contributed by atoms with E-state index in [2.05, 4.69) is 36.7 Å². The maximum absolute atomic E-state index is 13.4. The van der Waals surface area contributed by atoms with Gasteiger partial charge in [-0.1, -0.05) is 78.6 Å². The lowest BCUT2D eigenvalue weighted by Gasteiger charge is -2.17. The third-order valence-corrected chi connectivity index (χ3v) is 6.72. The Morgan fingerprint density at radius 3 is 2.43 bits per heavy atom. The second-order valence-electron chi connectivity index (χ2n) is 7.62. The highest BCUT2D eigenvalue weighted by Gasteiger charge is 2.34. The number of carbonyl (C=O) groups is 1. The number of aromatic nitrogens is 1. The molecule has 0 spiro atoms. The highest BCUT2D eigenvalue weighted by atomic mass is 32.2. The average molecular weight is 429 g/mol. The van der Waals surface area contributed by atoms with E-state index in [1.54, 1.807) is 4.90 Å². The Hall–Kier alpha value is -2.89. The van der Waals surface area contributed by atoms with Gasteiger partial charge < -0.3 is 4.57 Å². The molecule has 0 atom stereocenters. The van der Waals surface area contributed by atoms with E-state index < -0.39 is 0 Å². The minimum atomic E-state index is -0.0669. The van der Waals surface area contributed by atoms with Crippen LogP contribution in [-0.4, -0.2) is 14.8 Å². The molecule has 3 aromatic carbocycles. The summed E-state index contributed by atoms with van der Waals surface area (Å²) in [6.07, 6.45) is 4.10. The van der Waals surface area contributed by atoms with Crippen LogP contribution < -0.4 is 4.90 Å². The van der Waals surface area contributed by atoms with Gasteiger partial charge in [-0.2, -0.15) is 0 Å². The van der Waals surface area contributed by atoms with Crippen LogP contribution in [0.3, 0.4) is 0 Å². The molecule has 30 heavy (non-hydrogen) atoms. The quantitative estimate of drug-likeness (QED) is 0.266. The van der Waals surface area contributed by atoms with Crippen LogP contribution in [0.1, 0.15) is 25.5 Å². The van der Waals surface area contributed by atoms with E-state index in [9.17, 15) is 4.79 Å². The van der Waals surface area contributed by atoms with Crippen molar-refractivity contribution < 1.29 is 4.79 Å². The SMILES string of the molecule is CC(C)n1cc(/C=C2\SC(=S)N(c3cccc4ccccc34)C2=O)c2ccccc21. The smallest absolute Gasteiger partial charge is 0.270 e. The number of hydrogen-bond donors (Lipinski definition) is 0. The molecule has 2 heterocycles. The van der Waals surface area contributed by atoms with Crippen LogP contribution in [0.2, 0.25) is 0 Å². The molecule has 0 aliphatic carbocycles. The molecule has 1 aliphatic heterocycles. The first-order valence-electron chi connectivity index (χ1n) is 9.90. The first-order valence-corrected chi connectivity index (χ1v) is 11.1. The molecule has 5 heteroatoms. The number of thioether (sulfide) groups is 1. The fourth-order valence-corrected chi connectivity index (χ4v) is 5.27. The minimum absolute atomic E-state index is 0.0669. The molecular weight excluding hydrogens is 408 g/mol. The van der Waals surface area contributed by atoms with Crippen molar-refractivity contribution in [3.8, 4) is 0 Å². The number of amides is 1. The molecule has 1 amide bonds. The Labute approximate surface area is 185 Å². The lowest BCUT2D eigenvalue weighted by molar-refractivity contribution is -0.113. The molecule has 1 aromatic heterocycles. The molecule has 0 bridgehead atoms. The minimum Gasteiger partial charge on any atom is -0.344 e. The number of thiocarbonyl (C=S) groups is 1. The monoisotopic (exact) mass is 428 g/mol. The summed E-state index contributed by atoms with van der Waals surface area (Å²) >= 11 is 6.99. The number of benzene rings is 3. The van der Waals surface area contributed by atoms with Crippen LogP contribution in [0.15, 0.2) is 77.8 Å². The van der Waals surface area contributed by atoms with E-state index in [0.29, 0.717) is 15.3 Å². The highest BCUT2D eigenvalue weighted by Crippen LogP contribution is 2.39. The molecule has 4 aromatic rings. The largest absolute Gasteiger partial charge is 0.344 e. The summed E-state index contributed by atoms with van der Waals surface area (Å²) in [7, 11) is 0. The summed E-state index contributed by atoms with van der Waals surface area (Å²) in [6.45, 7) is 4.33. The van der Waals surface area contributed by atoms with Gasteiger partial charge in [0.2, 0.25) is 0 Å². The molecular formula is C25H20N2OS2. The molecule has 0 N–H and O–H groups in total. The van der Waals surface area contributed by atoms with Crippen molar-refractivity contribution >= 4 is 67.6 Å². The fraction of sp³-hybridized carbons (Fsp3) is 0.120. The van der Waals surface area contributed by atoms with E-state index in [-0.39, 0.29) is 5.91 Å². The number of carbonyl (C=O) groups excluding carboxylic acids is 1. The van der Waals surface area contributed by atoms with Crippen LogP contribution >= 0.6 is 24.0 Å². The zero-order valence-corrected chi connectivity index (χ0v) is 18.3. The third-order valence-electron chi connectivity index (χ3n) is 5.42.